The number of para-hydroxylation sites is 1. The van der Waals surface area contributed by atoms with Gasteiger partial charge in [0.05, 0.1) is 6.10 Å². The number of anilines is 1. The molecule has 5 heteroatoms. The standard InChI is InChI=1S/C15H17NO4/c1-9-6-7-13(20-9)14(17)16-8-11(15(18)19)10-4-2-3-5-12(10)16/h2-5,9,11,13H,6-8H2,1H3,(H,18,19)/t9-,11+,13-/m1/s1. The Kier molecular flexibility index (Phi) is 3.22. The highest BCUT2D eigenvalue weighted by Gasteiger charge is 2.40. The predicted molar refractivity (Wildman–Crippen MR) is 72.7 cm³/mol. The molecule has 1 aromatic rings. The summed E-state index contributed by atoms with van der Waals surface area (Å²) < 4.78 is 5.61. The highest BCUT2D eigenvalue weighted by atomic mass is 16.5. The molecule has 106 valence electrons. The van der Waals surface area contributed by atoms with Gasteiger partial charge in [0.1, 0.15) is 12.0 Å². The van der Waals surface area contributed by atoms with E-state index in [2.05, 4.69) is 0 Å². The van der Waals surface area contributed by atoms with E-state index in [0.717, 1.165) is 6.42 Å². The molecule has 1 aromatic carbocycles. The van der Waals surface area contributed by atoms with Crippen molar-refractivity contribution in [3.05, 3.63) is 29.8 Å². The van der Waals surface area contributed by atoms with E-state index in [1.165, 1.54) is 0 Å². The first kappa shape index (κ1) is 13.1. The number of benzene rings is 1. The van der Waals surface area contributed by atoms with Crippen molar-refractivity contribution in [3.8, 4) is 0 Å². The second kappa shape index (κ2) is 4.90. The fourth-order valence-electron chi connectivity index (χ4n) is 2.99. The van der Waals surface area contributed by atoms with E-state index >= 15 is 0 Å². The SMILES string of the molecule is C[C@@H]1CC[C@H](C(=O)N2C[C@H](C(=O)O)c3ccccc32)O1. The van der Waals surface area contributed by atoms with Crippen LogP contribution in [0.25, 0.3) is 0 Å². The normalized spacial score (nSPS) is 28.4. The van der Waals surface area contributed by atoms with Gasteiger partial charge in [0.2, 0.25) is 0 Å². The van der Waals surface area contributed by atoms with E-state index in [4.69, 9.17) is 4.74 Å². The molecule has 0 saturated carbocycles. The zero-order valence-corrected chi connectivity index (χ0v) is 11.3. The maximum absolute atomic E-state index is 12.5. The zero-order valence-electron chi connectivity index (χ0n) is 11.3. The first-order valence-corrected chi connectivity index (χ1v) is 6.86. The number of carbonyl (C=O) groups is 2. The van der Waals surface area contributed by atoms with Crippen LogP contribution in [0.15, 0.2) is 24.3 Å². The van der Waals surface area contributed by atoms with Gasteiger partial charge in [-0.1, -0.05) is 18.2 Å². The fourth-order valence-corrected chi connectivity index (χ4v) is 2.99. The summed E-state index contributed by atoms with van der Waals surface area (Å²) >= 11 is 0. The number of ether oxygens (including phenoxy) is 1. The van der Waals surface area contributed by atoms with Crippen LogP contribution in [0.2, 0.25) is 0 Å². The van der Waals surface area contributed by atoms with Crippen molar-refractivity contribution in [3.63, 3.8) is 0 Å². The molecule has 1 N–H and O–H groups in total. The number of fused-ring (bicyclic) bond motifs is 1. The van der Waals surface area contributed by atoms with Crippen LogP contribution in [0, 0.1) is 0 Å². The van der Waals surface area contributed by atoms with Crippen LogP contribution in [-0.2, 0) is 14.3 Å². The molecule has 3 atom stereocenters. The third kappa shape index (κ3) is 2.08. The van der Waals surface area contributed by atoms with E-state index in [9.17, 15) is 14.7 Å². The van der Waals surface area contributed by atoms with E-state index in [1.807, 2.05) is 13.0 Å². The van der Waals surface area contributed by atoms with E-state index in [0.29, 0.717) is 17.7 Å². The summed E-state index contributed by atoms with van der Waals surface area (Å²) in [5.74, 6) is -1.66. The van der Waals surface area contributed by atoms with Crippen molar-refractivity contribution in [1.29, 1.82) is 0 Å². The molecule has 0 bridgehead atoms. The average molecular weight is 275 g/mol. The number of carboxylic acids is 1. The van der Waals surface area contributed by atoms with Crippen molar-refractivity contribution in [2.45, 2.75) is 37.9 Å². The molecule has 0 aliphatic carbocycles. The summed E-state index contributed by atoms with van der Waals surface area (Å²) in [6.45, 7) is 2.15. The molecule has 2 aliphatic rings. The largest absolute Gasteiger partial charge is 0.481 e. The van der Waals surface area contributed by atoms with Gasteiger partial charge in [-0.2, -0.15) is 0 Å². The maximum Gasteiger partial charge on any atom is 0.312 e. The second-order valence-electron chi connectivity index (χ2n) is 5.41. The number of amides is 1. The third-order valence-electron chi connectivity index (χ3n) is 4.04. The minimum Gasteiger partial charge on any atom is -0.481 e. The van der Waals surface area contributed by atoms with Crippen molar-refractivity contribution < 1.29 is 19.4 Å². The molecule has 0 aromatic heterocycles. The Morgan fingerprint density at radius 3 is 2.70 bits per heavy atom. The van der Waals surface area contributed by atoms with Crippen LogP contribution >= 0.6 is 0 Å². The predicted octanol–water partition coefficient (Wildman–Crippen LogP) is 1.77. The van der Waals surface area contributed by atoms with Gasteiger partial charge in [-0.25, -0.2) is 0 Å². The smallest absolute Gasteiger partial charge is 0.312 e. The molecule has 1 amide bonds. The second-order valence-corrected chi connectivity index (χ2v) is 5.41. The van der Waals surface area contributed by atoms with Crippen LogP contribution in [0.1, 0.15) is 31.2 Å². The molecule has 1 saturated heterocycles. The minimum absolute atomic E-state index is 0.0945. The first-order valence-electron chi connectivity index (χ1n) is 6.86. The van der Waals surface area contributed by atoms with Gasteiger partial charge in [0, 0.05) is 12.2 Å². The Morgan fingerprint density at radius 1 is 1.30 bits per heavy atom. The average Bonchev–Trinajstić information content (AvgIpc) is 3.02. The number of nitrogens with zero attached hydrogens (tertiary/aromatic N) is 1. The van der Waals surface area contributed by atoms with Gasteiger partial charge in [-0.15, -0.1) is 0 Å². The van der Waals surface area contributed by atoms with Crippen molar-refractivity contribution in [2.24, 2.45) is 0 Å². The van der Waals surface area contributed by atoms with Crippen molar-refractivity contribution in [2.75, 3.05) is 11.4 Å². The number of hydrogen-bond acceptors (Lipinski definition) is 3. The van der Waals surface area contributed by atoms with Crippen LogP contribution in [0.5, 0.6) is 0 Å². The lowest BCUT2D eigenvalue weighted by molar-refractivity contribution is -0.138. The molecule has 3 rings (SSSR count). The summed E-state index contributed by atoms with van der Waals surface area (Å²) in [6, 6.07) is 7.20. The first-order chi connectivity index (χ1) is 9.58. The molecule has 1 fully saturated rings. The van der Waals surface area contributed by atoms with E-state index in [1.54, 1.807) is 23.1 Å². The lowest BCUT2D eigenvalue weighted by Crippen LogP contribution is -2.39. The molecule has 2 heterocycles. The minimum atomic E-state index is -0.895. The number of aliphatic carboxylic acids is 1. The molecule has 0 spiro atoms. The summed E-state index contributed by atoms with van der Waals surface area (Å²) in [5, 5.41) is 9.30. The zero-order chi connectivity index (χ0) is 14.3. The van der Waals surface area contributed by atoms with Gasteiger partial charge >= 0.3 is 5.97 Å². The summed E-state index contributed by atoms with van der Waals surface area (Å²) in [6.07, 6.45) is 1.23. The van der Waals surface area contributed by atoms with Gasteiger partial charge in [0.15, 0.2) is 0 Å². The molecule has 20 heavy (non-hydrogen) atoms. The Hall–Kier alpha value is -1.88. The topological polar surface area (TPSA) is 66.8 Å². The van der Waals surface area contributed by atoms with Gasteiger partial charge < -0.3 is 14.7 Å². The van der Waals surface area contributed by atoms with Crippen LogP contribution in [-0.4, -0.2) is 35.7 Å². The molecule has 2 aliphatic heterocycles. The fraction of sp³-hybridized carbons (Fsp3) is 0.467. The Morgan fingerprint density at radius 2 is 2.05 bits per heavy atom. The quantitative estimate of drug-likeness (QED) is 0.893. The Balaban J connectivity index is 1.88. The molecular formula is C15H17NO4. The van der Waals surface area contributed by atoms with Crippen molar-refractivity contribution >= 4 is 17.6 Å². The molecule has 0 unspecified atom stereocenters. The molecule has 0 radical (unpaired) electrons. The molecule has 5 nitrogen and oxygen atoms in total. The van der Waals surface area contributed by atoms with Gasteiger partial charge in [-0.05, 0) is 31.4 Å². The monoisotopic (exact) mass is 275 g/mol. The number of carboxylic acid groups (broad SMARTS) is 1. The highest BCUT2D eigenvalue weighted by molar-refractivity contribution is 6.01. The van der Waals surface area contributed by atoms with Gasteiger partial charge in [-0.3, -0.25) is 9.59 Å². The van der Waals surface area contributed by atoms with Crippen LogP contribution < -0.4 is 4.90 Å². The summed E-state index contributed by atoms with van der Waals surface area (Å²) in [4.78, 5) is 25.4. The maximum atomic E-state index is 12.5. The summed E-state index contributed by atoms with van der Waals surface area (Å²) in [5.41, 5.74) is 1.41. The third-order valence-corrected chi connectivity index (χ3v) is 4.04. The number of carbonyl (C=O) groups excluding carboxylic acids is 1. The number of hydrogen-bond donors (Lipinski definition) is 1. The van der Waals surface area contributed by atoms with E-state index in [-0.39, 0.29) is 18.6 Å². The lowest BCUT2D eigenvalue weighted by Gasteiger charge is -2.21. The van der Waals surface area contributed by atoms with Crippen LogP contribution in [0.4, 0.5) is 5.69 Å². The van der Waals surface area contributed by atoms with E-state index < -0.39 is 18.0 Å². The van der Waals surface area contributed by atoms with Crippen molar-refractivity contribution in [1.82, 2.24) is 0 Å². The number of rotatable bonds is 2. The Labute approximate surface area is 117 Å². The van der Waals surface area contributed by atoms with Gasteiger partial charge in [0.25, 0.3) is 5.91 Å². The Bertz CT molecular complexity index is 557. The van der Waals surface area contributed by atoms with Crippen LogP contribution in [0.3, 0.4) is 0 Å². The lowest BCUT2D eigenvalue weighted by atomic mass is 10.0. The molecular weight excluding hydrogens is 258 g/mol. The summed E-state index contributed by atoms with van der Waals surface area (Å²) in [7, 11) is 0. The highest BCUT2D eigenvalue weighted by Crippen LogP contribution is 2.37.